The lowest BCUT2D eigenvalue weighted by Crippen LogP contribution is -2.62. The number of fused-ring (bicyclic) bond motifs is 5. The number of carbonyl (C=O) groups excluding carboxylic acids is 8. The van der Waals surface area contributed by atoms with Gasteiger partial charge in [0.15, 0.2) is 5.96 Å². The minimum atomic E-state index is -1.64. The number of unbranched alkanes of at least 4 members (excludes halogenated alkanes) is 1. The summed E-state index contributed by atoms with van der Waals surface area (Å²) in [5.41, 5.74) is 23.1. The highest BCUT2D eigenvalue weighted by molar-refractivity contribution is 7.99. The number of benzene rings is 5. The summed E-state index contributed by atoms with van der Waals surface area (Å²) < 4.78 is 0. The fourth-order valence-electron chi connectivity index (χ4n) is 19.6. The van der Waals surface area contributed by atoms with Gasteiger partial charge in [-0.25, -0.2) is 0 Å². The molecule has 0 radical (unpaired) electrons. The molecule has 664 valence electrons. The lowest BCUT2D eigenvalue weighted by molar-refractivity contribution is -0.137. The molecule has 0 bridgehead atoms. The number of carbonyl (C=O) groups is 8. The first-order valence-corrected chi connectivity index (χ1v) is 46.9. The van der Waals surface area contributed by atoms with E-state index in [0.717, 1.165) is 61.2 Å². The van der Waals surface area contributed by atoms with E-state index < -0.39 is 102 Å². The molecule has 14 rings (SSSR count). The van der Waals surface area contributed by atoms with E-state index in [9.17, 15) is 19.5 Å². The minimum Gasteiger partial charge on any atom is -0.391 e. The zero-order chi connectivity index (χ0) is 87.5. The number of H-pyrrole nitrogens is 3. The van der Waals surface area contributed by atoms with Gasteiger partial charge < -0.3 is 89.2 Å². The van der Waals surface area contributed by atoms with Crippen LogP contribution in [0.2, 0.25) is 0 Å². The number of guanidine groups is 1. The van der Waals surface area contributed by atoms with Crippen molar-refractivity contribution in [1.29, 1.82) is 5.41 Å². The second-order valence-corrected chi connectivity index (χ2v) is 37.2. The van der Waals surface area contributed by atoms with Crippen LogP contribution in [0.5, 0.6) is 0 Å². The quantitative estimate of drug-likeness (QED) is 0.0137. The number of aliphatic hydroxyl groups excluding tert-OH is 1. The molecule has 0 spiro atoms. The fraction of sp³-hybridized carbons (Fsp3) is 0.474. The van der Waals surface area contributed by atoms with Crippen molar-refractivity contribution >= 4 is 109 Å². The molecule has 125 heavy (non-hydrogen) atoms. The number of likely N-dealkylation sites (tertiary alicyclic amines) is 2. The van der Waals surface area contributed by atoms with E-state index in [1.165, 1.54) is 51.0 Å². The first-order valence-electron chi connectivity index (χ1n) is 44.6. The average Bonchev–Trinajstić information content (AvgIpc) is 1.66. The first-order chi connectivity index (χ1) is 60.7. The first kappa shape index (κ1) is 90.6. The topological polar surface area (TPSA) is 411 Å². The number of thioether (sulfide) groups is 2. The molecule has 2 aliphatic carbocycles. The standard InChI is InChI=1S/C95H123N19O9S2/c1-58(115)86-94(123)110-77(45-59-19-6-4-7-20-59)87(116)100-35-15-13-31-81(114(39-41-124-56-62-43-70-68-24-16-28-73-84(68)65(52-103-73)49-82(70)112(2)54-62)40-42-125-57-63-44-71-69-25-17-29-74-85(69)66(53-104-74)50-83(71)113(3)55-63)93(122)106-76(30-18-36-101-95(97)98)88(117)107-78(46-60-21-8-5-9-22-60)90(119)108-79(47-61-32-37-99-38-33-61)91(120)109-80(48-64-51-102-72-26-11-10-23-67(64)72)92(121)105-75(89(118)111-86)27-12-14-34-96/h4-11,16-17,19-26,28-29,32-33,37-38,51-53,58,62-63,70-71,75-83,86,102-104,115H,12-15,18,27,30-31,34-36,39-50,54-57,96H2,1-3H3,(H,100,116)(H,105,121)(H,106,122)(H,107,117)(H,108,119)(H,109,120)(H,110,123)(H,111,118)(H4,97,98,101)/t58-,62-,63-,70-,71-,75+,76+,77+,78+,79+,80-,81-,82-,83-,86+/m1/s1. The number of nitrogens with zero attached hydrogens (tertiary/aromatic N) is 4. The molecule has 8 amide bonds. The highest BCUT2D eigenvalue weighted by Crippen LogP contribution is 2.47. The fourth-order valence-corrected chi connectivity index (χ4v) is 21.8. The van der Waals surface area contributed by atoms with Gasteiger partial charge in [-0.3, -0.25) is 53.6 Å². The summed E-state index contributed by atoms with van der Waals surface area (Å²) in [6.07, 6.45) is 13.7. The SMILES string of the molecule is C[C@@H](O)[C@@H]1NC(=O)[C@H](CCCCN)NC(=O)[C@@H](Cc2c[nH]c3ccccc23)NC(=O)[C@H](Cc2ccncc2)NC(=O)[C@H](Cc2ccccc2)NC(=O)[C@H](CCCNC(=N)N)NC(=O)[C@H](N(CCSC[C@@H]2C[C@@H]3c4cccc5[nH]cc(c45)C[C@H]3N(C)C2)CCSC[C@@H]2C[C@@H]3c4cccc5[nH]cc(c45)C[C@H]3N(C)C2)CCCCNC(=O)[C@H](Cc2ccccc2)NC1=O. The van der Waals surface area contributed by atoms with Gasteiger partial charge in [0.2, 0.25) is 47.3 Å². The highest BCUT2D eigenvalue weighted by Gasteiger charge is 2.43. The van der Waals surface area contributed by atoms with E-state index in [4.69, 9.17) is 16.9 Å². The Morgan fingerprint density at radius 2 is 1.01 bits per heavy atom. The number of nitrogens with two attached hydrogens (primary N) is 2. The number of aromatic amines is 3. The maximum Gasteiger partial charge on any atom is 0.245 e. The Morgan fingerprint density at radius 1 is 0.536 bits per heavy atom. The maximum absolute atomic E-state index is 16.3. The van der Waals surface area contributed by atoms with Crippen molar-refractivity contribution in [1.82, 2.24) is 82.5 Å². The van der Waals surface area contributed by atoms with Crippen molar-refractivity contribution in [3.63, 3.8) is 0 Å². The number of aromatic nitrogens is 4. The molecule has 5 aromatic carbocycles. The van der Waals surface area contributed by atoms with Gasteiger partial charge in [-0.2, -0.15) is 23.5 Å². The van der Waals surface area contributed by atoms with Crippen molar-refractivity contribution in [2.24, 2.45) is 23.3 Å². The number of para-hydroxylation sites is 1. The summed E-state index contributed by atoms with van der Waals surface area (Å²) >= 11 is 3.79. The molecule has 3 aliphatic heterocycles. The smallest absolute Gasteiger partial charge is 0.245 e. The number of aliphatic hydroxyl groups is 1. The van der Waals surface area contributed by atoms with Gasteiger partial charge in [0.25, 0.3) is 0 Å². The number of nitrogens with one attached hydrogen (secondary N) is 13. The Labute approximate surface area is 739 Å². The number of hydrogen-bond donors (Lipinski definition) is 16. The molecule has 18 N–H and O–H groups in total. The molecule has 3 saturated heterocycles. The summed E-state index contributed by atoms with van der Waals surface area (Å²) in [6, 6.07) is 32.6. The van der Waals surface area contributed by atoms with E-state index in [1.54, 1.807) is 30.7 Å². The van der Waals surface area contributed by atoms with Crippen molar-refractivity contribution in [2.45, 2.75) is 188 Å². The summed E-state index contributed by atoms with van der Waals surface area (Å²) in [4.78, 5) is 146. The molecule has 7 heterocycles. The van der Waals surface area contributed by atoms with Crippen LogP contribution >= 0.6 is 23.5 Å². The van der Waals surface area contributed by atoms with Crippen LogP contribution in [0.25, 0.3) is 32.7 Å². The minimum absolute atomic E-state index is 0.0172. The number of rotatable bonds is 28. The molecule has 4 aromatic heterocycles. The molecule has 15 atom stereocenters. The molecular formula is C95H123N19O9S2. The monoisotopic (exact) mass is 1740 g/mol. The summed E-state index contributed by atoms with van der Waals surface area (Å²) in [7, 11) is 4.52. The van der Waals surface area contributed by atoms with Gasteiger partial charge >= 0.3 is 0 Å². The van der Waals surface area contributed by atoms with Crippen molar-refractivity contribution in [2.75, 3.05) is 82.9 Å². The predicted octanol–water partition coefficient (Wildman–Crippen LogP) is 6.72. The summed E-state index contributed by atoms with van der Waals surface area (Å²) in [5.74, 6) is -1.23. The van der Waals surface area contributed by atoms with E-state index in [1.807, 2.05) is 108 Å². The lowest BCUT2D eigenvalue weighted by Gasteiger charge is -2.45. The maximum atomic E-state index is 16.3. The molecule has 0 saturated carbocycles. The molecule has 5 aliphatic rings. The summed E-state index contributed by atoms with van der Waals surface area (Å²) in [5, 5.41) is 49.7. The van der Waals surface area contributed by atoms with Crippen LogP contribution in [0, 0.1) is 17.2 Å². The third-order valence-corrected chi connectivity index (χ3v) is 28.3. The Morgan fingerprint density at radius 3 is 1.56 bits per heavy atom. The lowest BCUT2D eigenvalue weighted by atomic mass is 9.73. The third kappa shape index (κ3) is 23.4. The molecule has 30 heteroatoms. The average molecular weight is 1740 g/mol. The van der Waals surface area contributed by atoms with E-state index in [-0.39, 0.29) is 70.5 Å². The van der Waals surface area contributed by atoms with Crippen LogP contribution in [0.3, 0.4) is 0 Å². The van der Waals surface area contributed by atoms with Gasteiger partial charge in [0.1, 0.15) is 42.3 Å². The number of pyridine rings is 1. The normalized spacial score (nSPS) is 25.2. The van der Waals surface area contributed by atoms with Crippen LogP contribution < -0.4 is 59.3 Å². The largest absolute Gasteiger partial charge is 0.391 e. The number of piperidine rings is 2. The van der Waals surface area contributed by atoms with Crippen LogP contribution in [-0.2, 0) is 76.9 Å². The van der Waals surface area contributed by atoms with Crippen molar-refractivity contribution in [3.05, 3.63) is 209 Å². The number of hydrogen-bond acceptors (Lipinski definition) is 17. The Bertz CT molecular complexity index is 5050. The van der Waals surface area contributed by atoms with E-state index in [2.05, 4.69) is 145 Å². The Hall–Kier alpha value is -10.6. The van der Waals surface area contributed by atoms with Crippen LogP contribution in [0.1, 0.15) is 127 Å². The van der Waals surface area contributed by atoms with Gasteiger partial charge in [-0.15, -0.1) is 0 Å². The highest BCUT2D eigenvalue weighted by atomic mass is 32.2. The zero-order valence-corrected chi connectivity index (χ0v) is 73.4. The van der Waals surface area contributed by atoms with Crippen molar-refractivity contribution in [3.8, 4) is 0 Å². The van der Waals surface area contributed by atoms with E-state index >= 15 is 24.0 Å². The summed E-state index contributed by atoms with van der Waals surface area (Å²) in [6.45, 7) is 4.84. The molecule has 9 aromatic rings. The third-order valence-electron chi connectivity index (χ3n) is 26.0. The second-order valence-electron chi connectivity index (χ2n) is 34.9. The predicted molar refractivity (Wildman–Crippen MR) is 493 cm³/mol. The molecule has 28 nitrogen and oxygen atoms in total. The second kappa shape index (κ2) is 43.5. The Balaban J connectivity index is 0.795. The molecular weight excluding hydrogens is 1620 g/mol. The van der Waals surface area contributed by atoms with Crippen molar-refractivity contribution < 1.29 is 43.5 Å². The molecule has 3 fully saturated rings. The number of likely N-dealkylation sites (N-methyl/N-ethyl adjacent to an activating group) is 2. The van der Waals surface area contributed by atoms with Crippen LogP contribution in [0.4, 0.5) is 0 Å². The van der Waals surface area contributed by atoms with Gasteiger partial charge in [-0.05, 0) is 203 Å². The zero-order valence-electron chi connectivity index (χ0n) is 71.8. The van der Waals surface area contributed by atoms with Crippen LogP contribution in [0.15, 0.2) is 164 Å². The van der Waals surface area contributed by atoms with E-state index in [0.29, 0.717) is 115 Å². The number of amides is 8. The Kier molecular flexibility index (Phi) is 31.6. The van der Waals surface area contributed by atoms with Crippen LogP contribution in [-0.4, -0.2) is 242 Å². The molecule has 0 unspecified atom stereocenters. The van der Waals surface area contributed by atoms with Gasteiger partial charge in [0, 0.05) is 164 Å². The van der Waals surface area contributed by atoms with Gasteiger partial charge in [0.05, 0.1) is 12.1 Å². The van der Waals surface area contributed by atoms with Gasteiger partial charge in [-0.1, -0.05) is 103 Å².